The summed E-state index contributed by atoms with van der Waals surface area (Å²) in [6.45, 7) is 7.70. The van der Waals surface area contributed by atoms with E-state index in [1.165, 1.54) is 0 Å². The van der Waals surface area contributed by atoms with Crippen molar-refractivity contribution in [1.82, 2.24) is 15.5 Å². The van der Waals surface area contributed by atoms with Crippen molar-refractivity contribution in [2.45, 2.75) is 68.8 Å². The minimum Gasteiger partial charge on any atom is -0.480 e. The van der Waals surface area contributed by atoms with Crippen LogP contribution in [0.25, 0.3) is 0 Å². The second kappa shape index (κ2) is 10.6. The highest BCUT2D eigenvalue weighted by Gasteiger charge is 2.57. The van der Waals surface area contributed by atoms with Crippen LogP contribution in [0.2, 0.25) is 0 Å². The largest absolute Gasteiger partial charge is 0.480 e. The summed E-state index contributed by atoms with van der Waals surface area (Å²) in [4.78, 5) is 53.8. The number of fused-ring (bicyclic) bond motifs is 3. The molecule has 0 unspecified atom stereocenters. The van der Waals surface area contributed by atoms with Gasteiger partial charge in [0.25, 0.3) is 5.91 Å². The maximum atomic E-state index is 13.7. The molecule has 4 rings (SSSR count). The monoisotopic (exact) mass is 523 g/mol. The van der Waals surface area contributed by atoms with Gasteiger partial charge in [0.2, 0.25) is 11.8 Å². The molecule has 2 aromatic carbocycles. The van der Waals surface area contributed by atoms with E-state index in [9.17, 15) is 24.3 Å². The number of carbonyl (C=O) groups excluding carboxylic acids is 3. The number of rotatable bonds is 9. The van der Waals surface area contributed by atoms with Crippen LogP contribution in [0.5, 0.6) is 0 Å². The number of hydrogen-bond acceptors (Lipinski definition) is 5. The lowest BCUT2D eigenvalue weighted by Crippen LogP contribution is -2.58. The Morgan fingerprint density at radius 3 is 2.30 bits per heavy atom. The van der Waals surface area contributed by atoms with Gasteiger partial charge in [-0.3, -0.25) is 14.4 Å². The SMILES string of the molecule is CC(C)C[C@H](NC(=O)[C@@H]1N2C(=O)c3ccccc3[C@@H]2SC1(C)C)C(=O)N[C@@H](Cc1ccccc1)C(=O)O. The Kier molecular flexibility index (Phi) is 7.64. The fourth-order valence-electron chi connectivity index (χ4n) is 5.08. The van der Waals surface area contributed by atoms with Gasteiger partial charge in [-0.15, -0.1) is 11.8 Å². The molecular weight excluding hydrogens is 490 g/mol. The Labute approximate surface area is 221 Å². The average molecular weight is 524 g/mol. The minimum atomic E-state index is -1.15. The molecule has 1 saturated heterocycles. The van der Waals surface area contributed by atoms with Crippen LogP contribution in [-0.2, 0) is 20.8 Å². The number of aliphatic carboxylic acids is 1. The lowest BCUT2D eigenvalue weighted by molar-refractivity contribution is -0.142. The zero-order valence-electron chi connectivity index (χ0n) is 21.4. The molecule has 1 fully saturated rings. The number of hydrogen-bond donors (Lipinski definition) is 3. The van der Waals surface area contributed by atoms with E-state index in [-0.39, 0.29) is 23.6 Å². The molecule has 2 aliphatic heterocycles. The molecule has 4 atom stereocenters. The number of carbonyl (C=O) groups is 4. The van der Waals surface area contributed by atoms with Crippen LogP contribution in [0.4, 0.5) is 0 Å². The van der Waals surface area contributed by atoms with Crippen molar-refractivity contribution in [3.8, 4) is 0 Å². The smallest absolute Gasteiger partial charge is 0.326 e. The van der Waals surface area contributed by atoms with Gasteiger partial charge in [-0.25, -0.2) is 4.79 Å². The lowest BCUT2D eigenvalue weighted by Gasteiger charge is -2.31. The molecule has 0 radical (unpaired) electrons. The number of benzene rings is 2. The molecule has 3 N–H and O–H groups in total. The highest BCUT2D eigenvalue weighted by Crippen LogP contribution is 2.56. The molecule has 196 valence electrons. The maximum Gasteiger partial charge on any atom is 0.326 e. The predicted octanol–water partition coefficient (Wildman–Crippen LogP) is 3.38. The second-order valence-corrected chi connectivity index (χ2v) is 12.3. The molecule has 2 heterocycles. The van der Waals surface area contributed by atoms with Crippen molar-refractivity contribution in [2.75, 3.05) is 0 Å². The Hall–Kier alpha value is -3.33. The topological polar surface area (TPSA) is 116 Å². The molecule has 0 aromatic heterocycles. The molecule has 9 heteroatoms. The van der Waals surface area contributed by atoms with Crippen molar-refractivity contribution >= 4 is 35.5 Å². The van der Waals surface area contributed by atoms with E-state index in [1.807, 2.05) is 58.0 Å². The zero-order valence-corrected chi connectivity index (χ0v) is 22.2. The van der Waals surface area contributed by atoms with Crippen molar-refractivity contribution in [2.24, 2.45) is 5.92 Å². The highest BCUT2D eigenvalue weighted by molar-refractivity contribution is 8.01. The van der Waals surface area contributed by atoms with E-state index in [4.69, 9.17) is 0 Å². The van der Waals surface area contributed by atoms with Crippen LogP contribution in [0.15, 0.2) is 54.6 Å². The van der Waals surface area contributed by atoms with E-state index in [2.05, 4.69) is 10.6 Å². The van der Waals surface area contributed by atoms with Crippen molar-refractivity contribution < 1.29 is 24.3 Å². The summed E-state index contributed by atoms with van der Waals surface area (Å²) in [7, 11) is 0. The minimum absolute atomic E-state index is 0.0600. The Morgan fingerprint density at radius 2 is 1.65 bits per heavy atom. The normalized spacial score (nSPS) is 21.2. The third-order valence-corrected chi connectivity index (χ3v) is 8.32. The summed E-state index contributed by atoms with van der Waals surface area (Å²) in [5.74, 6) is -2.26. The molecule has 2 aliphatic rings. The Balaban J connectivity index is 1.53. The van der Waals surface area contributed by atoms with E-state index in [0.29, 0.717) is 12.0 Å². The third kappa shape index (κ3) is 5.51. The maximum absolute atomic E-state index is 13.7. The molecule has 0 aliphatic carbocycles. The summed E-state index contributed by atoms with van der Waals surface area (Å²) >= 11 is 1.55. The van der Waals surface area contributed by atoms with Gasteiger partial charge < -0.3 is 20.6 Å². The van der Waals surface area contributed by atoms with Gasteiger partial charge in [0.05, 0.1) is 0 Å². The van der Waals surface area contributed by atoms with E-state index in [1.54, 1.807) is 40.9 Å². The van der Waals surface area contributed by atoms with Gasteiger partial charge in [0, 0.05) is 16.7 Å². The first kappa shape index (κ1) is 26.7. The van der Waals surface area contributed by atoms with Crippen LogP contribution in [0, 0.1) is 5.92 Å². The second-order valence-electron chi connectivity index (χ2n) is 10.6. The number of nitrogens with zero attached hydrogens (tertiary/aromatic N) is 1. The molecular formula is C28H33N3O5S. The summed E-state index contributed by atoms with van der Waals surface area (Å²) in [5, 5.41) is 14.9. The predicted molar refractivity (Wildman–Crippen MR) is 142 cm³/mol. The number of thioether (sulfide) groups is 1. The molecule has 37 heavy (non-hydrogen) atoms. The van der Waals surface area contributed by atoms with Gasteiger partial charge in [-0.1, -0.05) is 62.4 Å². The van der Waals surface area contributed by atoms with E-state index < -0.39 is 40.7 Å². The van der Waals surface area contributed by atoms with Crippen LogP contribution in [0.3, 0.4) is 0 Å². The average Bonchev–Trinajstić information content (AvgIpc) is 3.27. The van der Waals surface area contributed by atoms with Crippen molar-refractivity contribution in [1.29, 1.82) is 0 Å². The van der Waals surface area contributed by atoms with Crippen LogP contribution >= 0.6 is 11.8 Å². The van der Waals surface area contributed by atoms with Crippen molar-refractivity contribution in [3.05, 3.63) is 71.3 Å². The molecule has 3 amide bonds. The first-order chi connectivity index (χ1) is 17.5. The first-order valence-corrected chi connectivity index (χ1v) is 13.3. The standard InChI is InChI=1S/C28H33N3O5S/c1-16(2)14-20(23(32)30-21(27(35)36)15-17-10-6-5-7-11-17)29-24(33)22-28(3,4)37-26-19-13-9-8-12-18(19)25(34)31(22)26/h5-13,16,20-22,26H,14-15H2,1-4H3,(H,29,33)(H,30,32)(H,35,36)/t20-,21-,22-,26-/m0/s1. The molecule has 8 nitrogen and oxygen atoms in total. The Bertz CT molecular complexity index is 1200. The van der Waals surface area contributed by atoms with E-state index >= 15 is 0 Å². The van der Waals surface area contributed by atoms with Crippen molar-refractivity contribution in [3.63, 3.8) is 0 Å². The molecule has 2 aromatic rings. The molecule has 0 saturated carbocycles. The van der Waals surface area contributed by atoms with Gasteiger partial charge in [-0.05, 0) is 43.4 Å². The molecule has 0 spiro atoms. The fourth-order valence-corrected chi connectivity index (χ4v) is 6.67. The van der Waals surface area contributed by atoms with Crippen LogP contribution in [0.1, 0.15) is 61.0 Å². The fraction of sp³-hybridized carbons (Fsp3) is 0.429. The van der Waals surface area contributed by atoms with Gasteiger partial charge in [0.1, 0.15) is 23.5 Å². The van der Waals surface area contributed by atoms with Crippen LogP contribution < -0.4 is 10.6 Å². The van der Waals surface area contributed by atoms with Gasteiger partial charge in [0.15, 0.2) is 0 Å². The third-order valence-electron chi connectivity index (χ3n) is 6.78. The van der Waals surface area contributed by atoms with Gasteiger partial charge >= 0.3 is 5.97 Å². The Morgan fingerprint density at radius 1 is 1.00 bits per heavy atom. The summed E-state index contributed by atoms with van der Waals surface area (Å²) in [6.07, 6.45) is 0.450. The summed E-state index contributed by atoms with van der Waals surface area (Å²) in [5.41, 5.74) is 2.26. The van der Waals surface area contributed by atoms with Crippen LogP contribution in [-0.4, -0.2) is 56.6 Å². The quantitative estimate of drug-likeness (QED) is 0.464. The lowest BCUT2D eigenvalue weighted by atomic mass is 9.98. The summed E-state index contributed by atoms with van der Waals surface area (Å²) < 4.78 is -0.590. The highest BCUT2D eigenvalue weighted by atomic mass is 32.2. The van der Waals surface area contributed by atoms with E-state index in [0.717, 1.165) is 11.1 Å². The number of carboxylic acids is 1. The first-order valence-electron chi connectivity index (χ1n) is 12.5. The molecule has 0 bridgehead atoms. The zero-order chi connectivity index (χ0) is 26.9. The van der Waals surface area contributed by atoms with Gasteiger partial charge in [-0.2, -0.15) is 0 Å². The summed E-state index contributed by atoms with van der Waals surface area (Å²) in [6, 6.07) is 13.6. The number of carboxylic acid groups (broad SMARTS) is 1. The number of nitrogens with one attached hydrogen (secondary N) is 2. The number of amides is 3.